The van der Waals surface area contributed by atoms with Crippen molar-refractivity contribution < 1.29 is 22.7 Å². The molecule has 1 saturated heterocycles. The first-order chi connectivity index (χ1) is 17.2. The molecule has 1 aliphatic carbocycles. The number of nitrogens with one attached hydrogen (secondary N) is 1. The lowest BCUT2D eigenvalue weighted by Gasteiger charge is -2.40. The average Bonchev–Trinajstić information content (AvgIpc) is 3.69. The number of anilines is 1. The van der Waals surface area contributed by atoms with Gasteiger partial charge in [-0.2, -0.15) is 13.2 Å². The van der Waals surface area contributed by atoms with Crippen molar-refractivity contribution in [3.63, 3.8) is 0 Å². The molecule has 2 fully saturated rings. The number of halogens is 3. The number of piperazine rings is 1. The molecule has 1 atom stereocenters. The molecule has 0 aromatic heterocycles. The third kappa shape index (κ3) is 6.86. The van der Waals surface area contributed by atoms with Crippen LogP contribution in [-0.2, 0) is 16.0 Å². The van der Waals surface area contributed by atoms with E-state index in [-0.39, 0.29) is 18.1 Å². The summed E-state index contributed by atoms with van der Waals surface area (Å²) < 4.78 is 43.8. The highest BCUT2D eigenvalue weighted by atomic mass is 19.4. The average molecular weight is 508 g/mol. The number of benzene rings is 1. The van der Waals surface area contributed by atoms with Gasteiger partial charge >= 0.3 is 6.18 Å². The van der Waals surface area contributed by atoms with Crippen molar-refractivity contribution in [1.29, 1.82) is 0 Å². The summed E-state index contributed by atoms with van der Waals surface area (Å²) in [6, 6.07) is 6.13. The van der Waals surface area contributed by atoms with Crippen LogP contribution in [0, 0.1) is 5.92 Å². The molecule has 1 amide bonds. The standard InChI is InChI=1S/C26H36F3N5O2/c1-4-19-5-8-21(23(15-19)31-25(35)20-6-7-20)22-9-10-34(18(2)30-22)16-24(36-3)33-13-11-32(12-14-33)17-26(27,28)29/h5,8-9,15,20,24H,4,6-7,10-14,16-17H2,1-3H3,(H,31,35). The number of ether oxygens (including phenoxy) is 1. The molecule has 4 rings (SSSR count). The van der Waals surface area contributed by atoms with Crippen LogP contribution in [0.5, 0.6) is 0 Å². The van der Waals surface area contributed by atoms with E-state index >= 15 is 0 Å². The minimum atomic E-state index is -4.17. The van der Waals surface area contributed by atoms with Gasteiger partial charge in [0.05, 0.1) is 24.5 Å². The fourth-order valence-corrected chi connectivity index (χ4v) is 4.71. The number of alkyl halides is 3. The first kappa shape index (κ1) is 26.6. The Morgan fingerprint density at radius 3 is 2.53 bits per heavy atom. The van der Waals surface area contributed by atoms with Gasteiger partial charge in [-0.25, -0.2) is 4.99 Å². The highest BCUT2D eigenvalue weighted by molar-refractivity contribution is 5.98. The number of hydrogen-bond acceptors (Lipinski definition) is 6. The van der Waals surface area contributed by atoms with E-state index in [0.29, 0.717) is 39.3 Å². The number of amidine groups is 1. The second-order valence-electron chi connectivity index (χ2n) is 9.77. The van der Waals surface area contributed by atoms with Crippen molar-refractivity contribution in [2.75, 3.05) is 58.2 Å². The molecule has 10 heteroatoms. The number of methoxy groups -OCH3 is 1. The Bertz CT molecular complexity index is 998. The zero-order valence-electron chi connectivity index (χ0n) is 21.3. The predicted molar refractivity (Wildman–Crippen MR) is 135 cm³/mol. The highest BCUT2D eigenvalue weighted by Crippen LogP contribution is 2.33. The summed E-state index contributed by atoms with van der Waals surface area (Å²) in [5.41, 5.74) is 3.69. The van der Waals surface area contributed by atoms with Gasteiger partial charge in [0.15, 0.2) is 0 Å². The van der Waals surface area contributed by atoms with Gasteiger partial charge in [-0.3, -0.25) is 14.6 Å². The molecule has 3 aliphatic rings. The van der Waals surface area contributed by atoms with Crippen LogP contribution < -0.4 is 5.32 Å². The quantitative estimate of drug-likeness (QED) is 0.551. The number of carbonyl (C=O) groups excluding carboxylic acids is 1. The van der Waals surface area contributed by atoms with Crippen LogP contribution in [0.25, 0.3) is 5.70 Å². The Balaban J connectivity index is 1.40. The van der Waals surface area contributed by atoms with Gasteiger partial charge in [0.2, 0.25) is 5.91 Å². The summed E-state index contributed by atoms with van der Waals surface area (Å²) in [5, 5.41) is 3.11. The molecule has 36 heavy (non-hydrogen) atoms. The molecule has 1 N–H and O–H groups in total. The Labute approximate surface area is 211 Å². The van der Waals surface area contributed by atoms with Gasteiger partial charge in [-0.15, -0.1) is 0 Å². The Hall–Kier alpha value is -2.43. The van der Waals surface area contributed by atoms with Crippen LogP contribution in [0.3, 0.4) is 0 Å². The fourth-order valence-electron chi connectivity index (χ4n) is 4.71. The van der Waals surface area contributed by atoms with Crippen molar-refractivity contribution in [3.8, 4) is 0 Å². The summed E-state index contributed by atoms with van der Waals surface area (Å²) in [5.74, 6) is 1.02. The predicted octanol–water partition coefficient (Wildman–Crippen LogP) is 3.82. The minimum Gasteiger partial charge on any atom is -0.364 e. The minimum absolute atomic E-state index is 0.0708. The molecule has 198 valence electrons. The number of aliphatic imine (C=N–C) groups is 1. The Morgan fingerprint density at radius 1 is 1.22 bits per heavy atom. The topological polar surface area (TPSA) is 60.4 Å². The van der Waals surface area contributed by atoms with Crippen LogP contribution in [0.1, 0.15) is 37.8 Å². The lowest BCUT2D eigenvalue weighted by atomic mass is 10.0. The molecule has 0 radical (unpaired) electrons. The van der Waals surface area contributed by atoms with E-state index in [0.717, 1.165) is 47.6 Å². The molecule has 0 spiro atoms. The van der Waals surface area contributed by atoms with Gasteiger partial charge in [0, 0.05) is 51.3 Å². The van der Waals surface area contributed by atoms with Gasteiger partial charge in [-0.05, 0) is 43.9 Å². The third-order valence-electron chi connectivity index (χ3n) is 7.08. The summed E-state index contributed by atoms with van der Waals surface area (Å²) >= 11 is 0. The Kier molecular flexibility index (Phi) is 8.37. The molecule has 1 aromatic rings. The summed E-state index contributed by atoms with van der Waals surface area (Å²) in [6.07, 6.45) is 0.407. The van der Waals surface area contributed by atoms with E-state index < -0.39 is 12.7 Å². The second-order valence-corrected chi connectivity index (χ2v) is 9.77. The van der Waals surface area contributed by atoms with Gasteiger partial charge < -0.3 is 15.0 Å². The van der Waals surface area contributed by atoms with Crippen molar-refractivity contribution >= 4 is 23.1 Å². The third-order valence-corrected chi connectivity index (χ3v) is 7.08. The summed E-state index contributed by atoms with van der Waals surface area (Å²) in [7, 11) is 1.63. The number of carbonyl (C=O) groups is 1. The van der Waals surface area contributed by atoms with Crippen molar-refractivity contribution in [2.24, 2.45) is 10.9 Å². The number of rotatable bonds is 9. The Morgan fingerprint density at radius 2 is 1.94 bits per heavy atom. The maximum atomic E-state index is 12.7. The smallest absolute Gasteiger partial charge is 0.364 e. The highest BCUT2D eigenvalue weighted by Gasteiger charge is 2.34. The first-order valence-electron chi connectivity index (χ1n) is 12.7. The molecule has 7 nitrogen and oxygen atoms in total. The summed E-state index contributed by atoms with van der Waals surface area (Å²) in [6.45, 7) is 6.12. The lowest BCUT2D eigenvalue weighted by molar-refractivity contribution is -0.153. The molecule has 1 unspecified atom stereocenters. The van der Waals surface area contributed by atoms with Gasteiger partial charge in [0.25, 0.3) is 0 Å². The number of aryl methyl sites for hydroxylation is 1. The molecule has 1 aromatic carbocycles. The molecular formula is C26H36F3N5O2. The zero-order chi connectivity index (χ0) is 25.9. The van der Waals surface area contributed by atoms with Crippen molar-refractivity contribution in [3.05, 3.63) is 35.4 Å². The maximum absolute atomic E-state index is 12.7. The maximum Gasteiger partial charge on any atom is 0.401 e. The van der Waals surface area contributed by atoms with E-state index in [1.165, 1.54) is 4.90 Å². The van der Waals surface area contributed by atoms with Crippen LogP contribution in [0.2, 0.25) is 0 Å². The van der Waals surface area contributed by atoms with Gasteiger partial charge in [-0.1, -0.05) is 19.1 Å². The second kappa shape index (κ2) is 11.3. The normalized spacial score (nSPS) is 20.7. The lowest BCUT2D eigenvalue weighted by Crippen LogP contribution is -2.55. The molecule has 1 saturated carbocycles. The zero-order valence-corrected chi connectivity index (χ0v) is 21.3. The monoisotopic (exact) mass is 507 g/mol. The molecule has 2 aliphatic heterocycles. The number of amides is 1. The van der Waals surface area contributed by atoms with E-state index in [2.05, 4.69) is 34.2 Å². The molecule has 0 bridgehead atoms. The fraction of sp³-hybridized carbons (Fsp3) is 0.615. The van der Waals surface area contributed by atoms with Crippen LogP contribution in [0.4, 0.5) is 18.9 Å². The van der Waals surface area contributed by atoms with E-state index in [1.807, 2.05) is 19.1 Å². The molecule has 2 heterocycles. The van der Waals surface area contributed by atoms with E-state index in [1.54, 1.807) is 7.11 Å². The summed E-state index contributed by atoms with van der Waals surface area (Å²) in [4.78, 5) is 23.0. The SMILES string of the molecule is CCc1ccc(C2=CCN(CC(OC)N3CCN(CC(F)(F)F)CC3)C(C)=N2)c(NC(=O)C2CC2)c1. The van der Waals surface area contributed by atoms with E-state index in [4.69, 9.17) is 9.73 Å². The molecular weight excluding hydrogens is 471 g/mol. The van der Waals surface area contributed by atoms with Gasteiger partial charge in [0.1, 0.15) is 12.1 Å². The number of nitrogens with zero attached hydrogens (tertiary/aromatic N) is 4. The van der Waals surface area contributed by atoms with Crippen LogP contribution >= 0.6 is 0 Å². The largest absolute Gasteiger partial charge is 0.401 e. The number of hydrogen-bond donors (Lipinski definition) is 1. The van der Waals surface area contributed by atoms with E-state index in [9.17, 15) is 18.0 Å². The first-order valence-corrected chi connectivity index (χ1v) is 12.7. The van der Waals surface area contributed by atoms with Crippen molar-refractivity contribution in [2.45, 2.75) is 45.5 Å². The van der Waals surface area contributed by atoms with Crippen molar-refractivity contribution in [1.82, 2.24) is 14.7 Å². The van der Waals surface area contributed by atoms with Crippen LogP contribution in [-0.4, -0.2) is 91.8 Å². The van der Waals surface area contributed by atoms with Crippen LogP contribution in [0.15, 0.2) is 29.3 Å².